The Kier molecular flexibility index (Phi) is 5.76. The van der Waals surface area contributed by atoms with Crippen LogP contribution in [-0.4, -0.2) is 20.2 Å². The van der Waals surface area contributed by atoms with Crippen LogP contribution >= 0.6 is 11.6 Å². The lowest BCUT2D eigenvalue weighted by Crippen LogP contribution is -2.17. The summed E-state index contributed by atoms with van der Waals surface area (Å²) in [4.78, 5) is 17.4. The summed E-state index contributed by atoms with van der Waals surface area (Å²) in [5, 5.41) is 0.671. The third-order valence-electron chi connectivity index (χ3n) is 5.43. The molecule has 2 heterocycles. The summed E-state index contributed by atoms with van der Waals surface area (Å²) in [5.41, 5.74) is 6.67. The lowest BCUT2D eigenvalue weighted by atomic mass is 9.91. The van der Waals surface area contributed by atoms with E-state index >= 15 is 0 Å². The molecule has 0 saturated heterocycles. The Bertz CT molecular complexity index is 1230. The largest absolute Gasteiger partial charge is 0.318 e. The van der Waals surface area contributed by atoms with E-state index in [1.54, 1.807) is 17.7 Å². The van der Waals surface area contributed by atoms with E-state index < -0.39 is 10.8 Å². The van der Waals surface area contributed by atoms with E-state index in [1.165, 1.54) is 0 Å². The van der Waals surface area contributed by atoms with Crippen molar-refractivity contribution in [2.24, 2.45) is 12.0 Å². The van der Waals surface area contributed by atoms with Gasteiger partial charge in [-0.3, -0.25) is 14.0 Å². The Morgan fingerprint density at radius 1 is 1.07 bits per heavy atom. The zero-order valence-electron chi connectivity index (χ0n) is 17.2. The van der Waals surface area contributed by atoms with Crippen molar-refractivity contribution in [2.45, 2.75) is 25.6 Å². The average molecular weight is 439 g/mol. The number of hydrogen-bond donors (Lipinski definition) is 0. The number of hydrogen-bond acceptors (Lipinski definition) is 3. The molecule has 3 aromatic rings. The average Bonchev–Trinajstić information content (AvgIpc) is 2.84. The summed E-state index contributed by atoms with van der Waals surface area (Å²) in [6, 6.07) is 15.3. The third-order valence-corrected chi connectivity index (χ3v) is 6.98. The number of aromatic nitrogens is 1. The fourth-order valence-electron chi connectivity index (χ4n) is 3.78. The van der Waals surface area contributed by atoms with Crippen LogP contribution in [0.15, 0.2) is 64.5 Å². The lowest BCUT2D eigenvalue weighted by Gasteiger charge is -2.15. The van der Waals surface area contributed by atoms with Crippen LogP contribution in [0.2, 0.25) is 5.02 Å². The van der Waals surface area contributed by atoms with Gasteiger partial charge in [-0.15, -0.1) is 0 Å². The summed E-state index contributed by atoms with van der Waals surface area (Å²) >= 11 is 6.10. The van der Waals surface area contributed by atoms with Gasteiger partial charge in [-0.25, -0.2) is 0 Å². The summed E-state index contributed by atoms with van der Waals surface area (Å²) in [5.74, 6) is 1.13. The quantitative estimate of drug-likeness (QED) is 0.582. The van der Waals surface area contributed by atoms with E-state index in [0.29, 0.717) is 16.5 Å². The first kappa shape index (κ1) is 20.8. The predicted octanol–water partition coefficient (Wildman–Crippen LogP) is 4.89. The third kappa shape index (κ3) is 3.92. The van der Waals surface area contributed by atoms with Crippen LogP contribution in [0.3, 0.4) is 0 Å². The van der Waals surface area contributed by atoms with Crippen LogP contribution in [-0.2, 0) is 23.6 Å². The second kappa shape index (κ2) is 8.32. The maximum Gasteiger partial charge on any atom is 0.250 e. The highest BCUT2D eigenvalue weighted by atomic mass is 35.5. The van der Waals surface area contributed by atoms with Gasteiger partial charge in [0.05, 0.1) is 11.8 Å². The molecular weight excluding hydrogens is 416 g/mol. The van der Waals surface area contributed by atoms with Crippen LogP contribution in [0, 0.1) is 0 Å². The fourth-order valence-corrected chi connectivity index (χ4v) is 4.67. The Morgan fingerprint density at radius 2 is 1.80 bits per heavy atom. The van der Waals surface area contributed by atoms with Crippen molar-refractivity contribution >= 4 is 28.1 Å². The van der Waals surface area contributed by atoms with Crippen molar-refractivity contribution in [2.75, 3.05) is 5.75 Å². The van der Waals surface area contributed by atoms with Crippen LogP contribution in [0.5, 0.6) is 0 Å². The first-order chi connectivity index (χ1) is 14.4. The summed E-state index contributed by atoms with van der Waals surface area (Å²) in [6.07, 6.45) is 1.88. The van der Waals surface area contributed by atoms with Crippen molar-refractivity contribution in [1.29, 1.82) is 0 Å². The Balaban J connectivity index is 1.98. The molecule has 154 valence electrons. The number of pyridine rings is 1. The van der Waals surface area contributed by atoms with Gasteiger partial charge in [0, 0.05) is 63.3 Å². The molecule has 30 heavy (non-hydrogen) atoms. The second-order valence-electron chi connectivity index (χ2n) is 7.50. The first-order valence-electron chi connectivity index (χ1n) is 9.90. The molecular formula is C24H23ClN2O2S. The van der Waals surface area contributed by atoms with Crippen LogP contribution < -0.4 is 5.56 Å². The Hall–Kier alpha value is -2.50. The van der Waals surface area contributed by atoms with Crippen molar-refractivity contribution in [1.82, 2.24) is 4.57 Å². The van der Waals surface area contributed by atoms with Gasteiger partial charge in [0.1, 0.15) is 0 Å². The number of nitrogens with zero attached hydrogens (tertiary/aromatic N) is 2. The number of halogens is 1. The molecule has 2 aromatic carbocycles. The highest BCUT2D eigenvalue weighted by Crippen LogP contribution is 2.37. The van der Waals surface area contributed by atoms with Gasteiger partial charge in [-0.05, 0) is 41.8 Å². The van der Waals surface area contributed by atoms with Gasteiger partial charge in [0.2, 0.25) is 0 Å². The molecule has 0 N–H and O–H groups in total. The van der Waals surface area contributed by atoms with E-state index in [1.807, 2.05) is 50.4 Å². The van der Waals surface area contributed by atoms with Gasteiger partial charge >= 0.3 is 0 Å². The highest BCUT2D eigenvalue weighted by Gasteiger charge is 2.24. The van der Waals surface area contributed by atoms with E-state index in [4.69, 9.17) is 16.6 Å². The van der Waals surface area contributed by atoms with Crippen molar-refractivity contribution in [3.63, 3.8) is 0 Å². The van der Waals surface area contributed by atoms with E-state index in [9.17, 15) is 9.00 Å². The molecule has 0 saturated carbocycles. The number of aryl methyl sites for hydroxylation is 1. The monoisotopic (exact) mass is 438 g/mol. The van der Waals surface area contributed by atoms with Gasteiger partial charge in [0.25, 0.3) is 5.56 Å². The van der Waals surface area contributed by atoms with Gasteiger partial charge < -0.3 is 4.57 Å². The number of rotatable bonds is 4. The predicted molar refractivity (Wildman–Crippen MR) is 125 cm³/mol. The molecule has 0 bridgehead atoms. The molecule has 6 heteroatoms. The summed E-state index contributed by atoms with van der Waals surface area (Å²) < 4.78 is 13.8. The minimum absolute atomic E-state index is 0.0597. The number of aliphatic imine (C=N–C) groups is 1. The van der Waals surface area contributed by atoms with Crippen molar-refractivity contribution in [3.05, 3.63) is 92.4 Å². The van der Waals surface area contributed by atoms with Crippen LogP contribution in [0.1, 0.15) is 42.1 Å². The molecule has 2 atom stereocenters. The normalized spacial score (nSPS) is 16.3. The van der Waals surface area contributed by atoms with E-state index in [-0.39, 0.29) is 11.6 Å². The topological polar surface area (TPSA) is 51.4 Å². The molecule has 1 unspecified atom stereocenters. The van der Waals surface area contributed by atoms with Gasteiger partial charge in [0.15, 0.2) is 0 Å². The van der Waals surface area contributed by atoms with Gasteiger partial charge in [-0.1, -0.05) is 42.8 Å². The number of fused-ring (bicyclic) bond motifs is 3. The molecule has 1 aliphatic heterocycles. The first-order valence-corrected chi connectivity index (χ1v) is 11.8. The van der Waals surface area contributed by atoms with Crippen LogP contribution in [0.4, 0.5) is 0 Å². The molecule has 0 aliphatic carbocycles. The maximum atomic E-state index is 12.4. The molecule has 1 aromatic heterocycles. The molecule has 0 fully saturated rings. The minimum Gasteiger partial charge on any atom is -0.318 e. The molecule has 0 spiro atoms. The van der Waals surface area contributed by atoms with Crippen molar-refractivity contribution in [3.8, 4) is 11.1 Å². The molecule has 1 aliphatic rings. The Labute approximate surface area is 183 Å². The molecule has 4 nitrogen and oxygen atoms in total. The zero-order chi connectivity index (χ0) is 21.4. The Morgan fingerprint density at radius 3 is 2.50 bits per heavy atom. The number of benzene rings is 2. The van der Waals surface area contributed by atoms with Crippen molar-refractivity contribution < 1.29 is 4.21 Å². The van der Waals surface area contributed by atoms with E-state index in [0.717, 1.165) is 39.1 Å². The lowest BCUT2D eigenvalue weighted by molar-refractivity contribution is 0.683. The maximum absolute atomic E-state index is 12.4. The molecule has 4 rings (SSSR count). The molecule has 0 radical (unpaired) electrons. The smallest absolute Gasteiger partial charge is 0.250 e. The van der Waals surface area contributed by atoms with Gasteiger partial charge in [-0.2, -0.15) is 0 Å². The SMILES string of the molecule is CCS(=O)Cc1ccc2c(c1)-c1cn(C)c(=O)cc1[C@H](C)N=C2c1ccc(Cl)cc1. The minimum atomic E-state index is -0.903. The zero-order valence-corrected chi connectivity index (χ0v) is 18.8. The highest BCUT2D eigenvalue weighted by molar-refractivity contribution is 7.84. The van der Waals surface area contributed by atoms with Crippen LogP contribution in [0.25, 0.3) is 11.1 Å². The second-order valence-corrected chi connectivity index (χ2v) is 9.69. The summed E-state index contributed by atoms with van der Waals surface area (Å²) in [7, 11) is 0.855. The standard InChI is InChI=1S/C24H23ClN2O2S/c1-4-30(29)14-16-5-10-19-21(11-16)22-13-27(3)23(28)12-20(22)15(2)26-24(19)17-6-8-18(25)9-7-17/h5-13,15H,4,14H2,1-3H3/t15-,30?/m0/s1. The van der Waals surface area contributed by atoms with E-state index in [2.05, 4.69) is 12.1 Å². The fraction of sp³-hybridized carbons (Fsp3) is 0.250. The summed E-state index contributed by atoms with van der Waals surface area (Å²) in [6.45, 7) is 3.94. The molecule has 0 amide bonds.